The molecule has 1 amide bonds. The van der Waals surface area contributed by atoms with E-state index in [1.807, 2.05) is 37.3 Å². The van der Waals surface area contributed by atoms with E-state index < -0.39 is 0 Å². The minimum atomic E-state index is -0.304. The molecule has 0 bridgehead atoms. The molecule has 1 saturated carbocycles. The van der Waals surface area contributed by atoms with E-state index in [1.165, 1.54) is 19.8 Å². The van der Waals surface area contributed by atoms with Crippen molar-refractivity contribution in [3.63, 3.8) is 0 Å². The average molecular weight is 413 g/mol. The van der Waals surface area contributed by atoms with E-state index in [1.54, 1.807) is 12.1 Å². The third-order valence-electron chi connectivity index (χ3n) is 5.70. The molecule has 6 heteroatoms. The highest BCUT2D eigenvalue weighted by molar-refractivity contribution is 5.73. The molecular weight excluding hydrogens is 383 g/mol. The molecule has 1 N–H and O–H groups in total. The molecule has 30 heavy (non-hydrogen) atoms. The van der Waals surface area contributed by atoms with Crippen molar-refractivity contribution in [1.82, 2.24) is 5.32 Å². The number of nitrogens with zero attached hydrogens (tertiary/aromatic N) is 1. The Balaban J connectivity index is 1.31. The van der Waals surface area contributed by atoms with Crippen LogP contribution in [-0.4, -0.2) is 31.7 Å². The Hall–Kier alpha value is -2.76. The molecule has 0 radical (unpaired) electrons. The summed E-state index contributed by atoms with van der Waals surface area (Å²) < 4.78 is 26.1. The van der Waals surface area contributed by atoms with Gasteiger partial charge >= 0.3 is 0 Å². The Labute approximate surface area is 177 Å². The molecule has 2 aromatic rings. The topological polar surface area (TPSA) is 50.8 Å². The van der Waals surface area contributed by atoms with Gasteiger partial charge in [-0.05, 0) is 55.5 Å². The van der Waals surface area contributed by atoms with Crippen LogP contribution in [0.5, 0.6) is 11.5 Å². The normalized spacial score (nSPS) is 19.4. The number of anilines is 1. The van der Waals surface area contributed by atoms with Gasteiger partial charge in [-0.3, -0.25) is 4.79 Å². The second-order valence-electron chi connectivity index (χ2n) is 8.33. The van der Waals surface area contributed by atoms with Crippen molar-refractivity contribution in [2.45, 2.75) is 45.3 Å². The summed E-state index contributed by atoms with van der Waals surface area (Å²) in [5.74, 6) is 1.39. The Bertz CT molecular complexity index is 883. The van der Waals surface area contributed by atoms with E-state index >= 15 is 0 Å². The maximum atomic E-state index is 14.4. The van der Waals surface area contributed by atoms with Crippen LogP contribution in [0.25, 0.3) is 0 Å². The summed E-state index contributed by atoms with van der Waals surface area (Å²) in [6.45, 7) is 5.61. The van der Waals surface area contributed by atoms with Gasteiger partial charge in [0.15, 0.2) is 11.6 Å². The number of hydrogen-bond acceptors (Lipinski definition) is 4. The fraction of sp³-hybridized carbons (Fsp3) is 0.458. The zero-order valence-corrected chi connectivity index (χ0v) is 17.6. The summed E-state index contributed by atoms with van der Waals surface area (Å²) >= 11 is 0. The van der Waals surface area contributed by atoms with Crippen molar-refractivity contribution in [2.24, 2.45) is 5.92 Å². The highest BCUT2D eigenvalue weighted by atomic mass is 19.1. The lowest BCUT2D eigenvalue weighted by atomic mass is 10.1. The second kappa shape index (κ2) is 8.94. The summed E-state index contributed by atoms with van der Waals surface area (Å²) in [5, 5.41) is 2.87. The summed E-state index contributed by atoms with van der Waals surface area (Å²) in [5.41, 5.74) is 1.89. The quantitative estimate of drug-likeness (QED) is 0.695. The Morgan fingerprint density at radius 1 is 1.20 bits per heavy atom. The number of benzene rings is 2. The molecule has 1 unspecified atom stereocenters. The molecule has 0 aromatic heterocycles. The first kappa shape index (κ1) is 20.5. The highest BCUT2D eigenvalue weighted by Crippen LogP contribution is 2.32. The van der Waals surface area contributed by atoms with Crippen LogP contribution >= 0.6 is 0 Å². The molecule has 160 valence electrons. The maximum absolute atomic E-state index is 14.4. The van der Waals surface area contributed by atoms with E-state index in [0.29, 0.717) is 24.8 Å². The average Bonchev–Trinajstić information content (AvgIpc) is 3.43. The smallest absolute Gasteiger partial charge is 0.217 e. The standard InChI is InChI=1S/C24H29FN2O3/c1-16(26-17(2)28)19-5-8-21(9-6-19)30-22-11-12-27(14-22)20-7-10-24(23(25)13-20)29-15-18-3-4-18/h5-10,13,16,18,22H,3-4,11-12,14-15H2,1-2H3,(H,26,28)/t16-,22?/m0/s1. The van der Waals surface area contributed by atoms with Gasteiger partial charge in [-0.25, -0.2) is 4.39 Å². The van der Waals surface area contributed by atoms with E-state index in [-0.39, 0.29) is 23.9 Å². The van der Waals surface area contributed by atoms with Crippen molar-refractivity contribution < 1.29 is 18.7 Å². The fourth-order valence-electron chi connectivity index (χ4n) is 3.77. The van der Waals surface area contributed by atoms with E-state index in [2.05, 4.69) is 10.2 Å². The highest BCUT2D eigenvalue weighted by Gasteiger charge is 2.26. The number of carbonyl (C=O) groups excluding carboxylic acids is 1. The summed E-state index contributed by atoms with van der Waals surface area (Å²) in [7, 11) is 0. The van der Waals surface area contributed by atoms with Crippen molar-refractivity contribution in [3.05, 3.63) is 53.8 Å². The van der Waals surface area contributed by atoms with Crippen molar-refractivity contribution in [2.75, 3.05) is 24.6 Å². The first-order valence-corrected chi connectivity index (χ1v) is 10.7. The molecule has 2 atom stereocenters. The van der Waals surface area contributed by atoms with Gasteiger partial charge in [0.2, 0.25) is 5.91 Å². The lowest BCUT2D eigenvalue weighted by Crippen LogP contribution is -2.25. The Morgan fingerprint density at radius 2 is 1.97 bits per heavy atom. The van der Waals surface area contributed by atoms with Crippen LogP contribution in [0.4, 0.5) is 10.1 Å². The monoisotopic (exact) mass is 412 g/mol. The zero-order valence-electron chi connectivity index (χ0n) is 17.6. The molecular formula is C24H29FN2O3. The number of nitrogens with one attached hydrogen (secondary N) is 1. The molecule has 5 nitrogen and oxygen atoms in total. The molecule has 2 aromatic carbocycles. The summed E-state index contributed by atoms with van der Waals surface area (Å²) in [4.78, 5) is 13.3. The lowest BCUT2D eigenvalue weighted by Gasteiger charge is -2.20. The number of carbonyl (C=O) groups is 1. The third-order valence-corrected chi connectivity index (χ3v) is 5.70. The largest absolute Gasteiger partial charge is 0.490 e. The number of halogens is 1. The maximum Gasteiger partial charge on any atom is 0.217 e. The van der Waals surface area contributed by atoms with E-state index in [0.717, 1.165) is 30.0 Å². The summed E-state index contributed by atoms with van der Waals surface area (Å²) in [6, 6.07) is 13.0. The first-order chi connectivity index (χ1) is 14.5. The number of rotatable bonds is 8. The molecule has 0 spiro atoms. The van der Waals surface area contributed by atoms with Gasteiger partial charge in [-0.2, -0.15) is 0 Å². The first-order valence-electron chi connectivity index (χ1n) is 10.7. The fourth-order valence-corrected chi connectivity index (χ4v) is 3.77. The van der Waals surface area contributed by atoms with Crippen LogP contribution < -0.4 is 19.7 Å². The van der Waals surface area contributed by atoms with Crippen LogP contribution in [0.2, 0.25) is 0 Å². The van der Waals surface area contributed by atoms with Gasteiger partial charge in [-0.15, -0.1) is 0 Å². The third kappa shape index (κ3) is 5.23. The van der Waals surface area contributed by atoms with Crippen LogP contribution in [0.1, 0.15) is 44.7 Å². The van der Waals surface area contributed by atoms with Gasteiger partial charge in [0.25, 0.3) is 0 Å². The predicted molar refractivity (Wildman–Crippen MR) is 115 cm³/mol. The minimum Gasteiger partial charge on any atom is -0.490 e. The van der Waals surface area contributed by atoms with Crippen LogP contribution in [0.15, 0.2) is 42.5 Å². The number of hydrogen-bond donors (Lipinski definition) is 1. The second-order valence-corrected chi connectivity index (χ2v) is 8.33. The van der Waals surface area contributed by atoms with Crippen LogP contribution in [-0.2, 0) is 4.79 Å². The van der Waals surface area contributed by atoms with Crippen molar-refractivity contribution in [3.8, 4) is 11.5 Å². The lowest BCUT2D eigenvalue weighted by molar-refractivity contribution is -0.119. The van der Waals surface area contributed by atoms with Crippen LogP contribution in [0, 0.1) is 11.7 Å². The van der Waals surface area contributed by atoms with Crippen LogP contribution in [0.3, 0.4) is 0 Å². The number of amides is 1. The molecule has 4 rings (SSSR count). The molecule has 1 saturated heterocycles. The molecule has 1 heterocycles. The van der Waals surface area contributed by atoms with Gasteiger partial charge < -0.3 is 19.7 Å². The summed E-state index contributed by atoms with van der Waals surface area (Å²) in [6.07, 6.45) is 3.31. The van der Waals surface area contributed by atoms with Crippen molar-refractivity contribution >= 4 is 11.6 Å². The molecule has 1 aliphatic carbocycles. The molecule has 1 aliphatic heterocycles. The SMILES string of the molecule is CC(=O)N[C@@H](C)c1ccc(OC2CCN(c3ccc(OCC4CC4)c(F)c3)C2)cc1. The predicted octanol–water partition coefficient (Wildman–Crippen LogP) is 4.47. The van der Waals surface area contributed by atoms with Gasteiger partial charge in [-0.1, -0.05) is 12.1 Å². The minimum absolute atomic E-state index is 0.0374. The molecule has 2 aliphatic rings. The van der Waals surface area contributed by atoms with Gasteiger partial charge in [0.1, 0.15) is 11.9 Å². The number of ether oxygens (including phenoxy) is 2. The Kier molecular flexibility index (Phi) is 6.11. The zero-order chi connectivity index (χ0) is 21.1. The van der Waals surface area contributed by atoms with Gasteiger partial charge in [0.05, 0.1) is 19.2 Å². The van der Waals surface area contributed by atoms with E-state index in [4.69, 9.17) is 9.47 Å². The van der Waals surface area contributed by atoms with Gasteiger partial charge in [0, 0.05) is 31.6 Å². The Morgan fingerprint density at radius 3 is 2.63 bits per heavy atom. The molecule has 2 fully saturated rings. The van der Waals surface area contributed by atoms with Crippen molar-refractivity contribution in [1.29, 1.82) is 0 Å². The van der Waals surface area contributed by atoms with E-state index in [9.17, 15) is 9.18 Å².